The molecule has 0 heterocycles. The Balaban J connectivity index is 4.33. The van der Waals surface area contributed by atoms with Gasteiger partial charge < -0.3 is 15.4 Å². The zero-order valence-electron chi connectivity index (χ0n) is 13.4. The predicted molar refractivity (Wildman–Crippen MR) is 90.7 cm³/mol. The fourth-order valence-electron chi connectivity index (χ4n) is 1.73. The summed E-state index contributed by atoms with van der Waals surface area (Å²) in [4.78, 5) is 45.7. The first-order valence-electron chi connectivity index (χ1n) is 7.07. The van der Waals surface area contributed by atoms with Crippen molar-refractivity contribution in [1.82, 2.24) is 10.6 Å². The Labute approximate surface area is 139 Å². The van der Waals surface area contributed by atoms with E-state index in [-0.39, 0.29) is 35.7 Å². The van der Waals surface area contributed by atoms with Crippen LogP contribution in [-0.4, -0.2) is 48.0 Å². The topological polar surface area (TPSA) is 92.3 Å². The van der Waals surface area contributed by atoms with Crippen molar-refractivity contribution < 1.29 is 19.2 Å². The van der Waals surface area contributed by atoms with Crippen molar-refractivity contribution >= 4 is 45.0 Å². The van der Waals surface area contributed by atoms with Crippen molar-refractivity contribution in [3.05, 3.63) is 0 Å². The molecule has 6 nitrogen and oxygen atoms in total. The molecular weight excluding hydrogens is 324 g/mol. The molecule has 0 aromatic rings. The highest BCUT2D eigenvalue weighted by Crippen LogP contribution is 2.26. The van der Waals surface area contributed by atoms with Crippen molar-refractivity contribution in [2.75, 3.05) is 18.6 Å². The number of rotatable bonds is 11. The number of hydrogen-bond acceptors (Lipinski definition) is 6. The van der Waals surface area contributed by atoms with Crippen LogP contribution in [0.1, 0.15) is 33.6 Å². The standard InChI is InChI=1S/C14H24N2O4S2/c1-5-13(19)12(16-10(3)18)8-22-21-7-11(6-9(2)17)14(20)15-4/h11-12H,5-8H2,1-4H3,(H,15,20)(H,16,18). The second-order valence-electron chi connectivity index (χ2n) is 4.86. The minimum Gasteiger partial charge on any atom is -0.359 e. The number of carbonyl (C=O) groups excluding carboxylic acids is 4. The fraction of sp³-hybridized carbons (Fsp3) is 0.714. The summed E-state index contributed by atoms with van der Waals surface area (Å²) in [5.74, 6) is 0.102. The highest BCUT2D eigenvalue weighted by molar-refractivity contribution is 8.76. The van der Waals surface area contributed by atoms with Crippen LogP contribution in [0.2, 0.25) is 0 Å². The molecule has 0 rings (SSSR count). The van der Waals surface area contributed by atoms with Gasteiger partial charge in [0.2, 0.25) is 11.8 Å². The zero-order valence-corrected chi connectivity index (χ0v) is 15.1. The van der Waals surface area contributed by atoms with E-state index in [1.54, 1.807) is 14.0 Å². The summed E-state index contributed by atoms with van der Waals surface area (Å²) in [5.41, 5.74) is 0. The maximum atomic E-state index is 11.7. The van der Waals surface area contributed by atoms with Crippen LogP contribution in [0, 0.1) is 5.92 Å². The second kappa shape index (κ2) is 11.5. The maximum absolute atomic E-state index is 11.7. The van der Waals surface area contributed by atoms with Gasteiger partial charge in [0.25, 0.3) is 0 Å². The Kier molecular flexibility index (Phi) is 11.0. The molecule has 2 amide bonds. The van der Waals surface area contributed by atoms with Crippen molar-refractivity contribution in [2.24, 2.45) is 5.92 Å². The first-order valence-corrected chi connectivity index (χ1v) is 9.55. The number of amides is 2. The van der Waals surface area contributed by atoms with E-state index in [2.05, 4.69) is 10.6 Å². The first kappa shape index (κ1) is 21.0. The molecule has 0 aliphatic rings. The molecule has 0 aromatic carbocycles. The molecule has 0 aromatic heterocycles. The number of nitrogens with one attached hydrogen (secondary N) is 2. The second-order valence-corrected chi connectivity index (χ2v) is 7.41. The van der Waals surface area contributed by atoms with Crippen molar-refractivity contribution in [2.45, 2.75) is 39.7 Å². The lowest BCUT2D eigenvalue weighted by Gasteiger charge is -2.16. The Hall–Kier alpha value is -1.02. The van der Waals surface area contributed by atoms with E-state index in [4.69, 9.17) is 0 Å². The Morgan fingerprint density at radius 1 is 1.05 bits per heavy atom. The Bertz CT molecular complexity index is 378. The smallest absolute Gasteiger partial charge is 0.224 e. The summed E-state index contributed by atoms with van der Waals surface area (Å²) in [6.45, 7) is 4.59. The Morgan fingerprint density at radius 2 is 1.64 bits per heavy atom. The molecule has 0 spiro atoms. The highest BCUT2D eigenvalue weighted by Gasteiger charge is 2.21. The quantitative estimate of drug-likeness (QED) is 0.430. The molecule has 0 radical (unpaired) electrons. The SMILES string of the molecule is CCC(=O)C(CSSCC(CC(C)=O)C(=O)NC)NC(C)=O. The van der Waals surface area contributed by atoms with Gasteiger partial charge in [-0.2, -0.15) is 0 Å². The number of Topliss-reactive ketones (excluding diaryl/α,β-unsaturated/α-hetero) is 2. The average Bonchev–Trinajstić information content (AvgIpc) is 2.46. The van der Waals surface area contributed by atoms with Gasteiger partial charge in [-0.15, -0.1) is 0 Å². The lowest BCUT2D eigenvalue weighted by Crippen LogP contribution is -2.41. The molecule has 0 bridgehead atoms. The van der Waals surface area contributed by atoms with Crippen LogP contribution < -0.4 is 10.6 Å². The van der Waals surface area contributed by atoms with E-state index in [0.717, 1.165) is 0 Å². The lowest BCUT2D eigenvalue weighted by atomic mass is 10.0. The molecule has 22 heavy (non-hydrogen) atoms. The maximum Gasteiger partial charge on any atom is 0.224 e. The third-order valence-corrected chi connectivity index (χ3v) is 5.34. The highest BCUT2D eigenvalue weighted by atomic mass is 33.1. The van der Waals surface area contributed by atoms with Crippen molar-refractivity contribution in [3.8, 4) is 0 Å². The molecule has 0 saturated carbocycles. The molecule has 0 saturated heterocycles. The number of ketones is 2. The summed E-state index contributed by atoms with van der Waals surface area (Å²) < 4.78 is 0. The molecular formula is C14H24N2O4S2. The third kappa shape index (κ3) is 9.09. The Morgan fingerprint density at radius 3 is 2.09 bits per heavy atom. The van der Waals surface area contributed by atoms with Crippen LogP contribution in [0.25, 0.3) is 0 Å². The van der Waals surface area contributed by atoms with E-state index in [9.17, 15) is 19.2 Å². The van der Waals surface area contributed by atoms with Crippen LogP contribution in [0.15, 0.2) is 0 Å². The average molecular weight is 348 g/mol. The van der Waals surface area contributed by atoms with E-state index < -0.39 is 6.04 Å². The van der Waals surface area contributed by atoms with Gasteiger partial charge in [-0.25, -0.2) is 0 Å². The van der Waals surface area contributed by atoms with Crippen molar-refractivity contribution in [1.29, 1.82) is 0 Å². The van der Waals surface area contributed by atoms with Gasteiger partial charge in [0.15, 0.2) is 5.78 Å². The monoisotopic (exact) mass is 348 g/mol. The summed E-state index contributed by atoms with van der Waals surface area (Å²) >= 11 is 0. The van der Waals surface area contributed by atoms with Gasteiger partial charge in [-0.05, 0) is 6.92 Å². The van der Waals surface area contributed by atoms with Crippen LogP contribution in [-0.2, 0) is 19.2 Å². The summed E-state index contributed by atoms with van der Waals surface area (Å²) in [6.07, 6.45) is 0.567. The van der Waals surface area contributed by atoms with Crippen LogP contribution in [0.5, 0.6) is 0 Å². The molecule has 2 unspecified atom stereocenters. The molecule has 0 aliphatic carbocycles. The molecule has 2 atom stereocenters. The van der Waals surface area contributed by atoms with E-state index in [1.165, 1.54) is 35.4 Å². The summed E-state index contributed by atoms with van der Waals surface area (Å²) in [5, 5.41) is 5.18. The van der Waals surface area contributed by atoms with Crippen molar-refractivity contribution in [3.63, 3.8) is 0 Å². The molecule has 0 fully saturated rings. The largest absolute Gasteiger partial charge is 0.359 e. The van der Waals surface area contributed by atoms with Gasteiger partial charge in [0.05, 0.1) is 12.0 Å². The van der Waals surface area contributed by atoms with Crippen LogP contribution >= 0.6 is 21.6 Å². The summed E-state index contributed by atoms with van der Waals surface area (Å²) in [7, 11) is 4.39. The first-order chi connectivity index (χ1) is 10.3. The van der Waals surface area contributed by atoms with Gasteiger partial charge >= 0.3 is 0 Å². The van der Waals surface area contributed by atoms with E-state index in [1.807, 2.05) is 0 Å². The molecule has 2 N–H and O–H groups in total. The lowest BCUT2D eigenvalue weighted by molar-refractivity contribution is -0.127. The predicted octanol–water partition coefficient (Wildman–Crippen LogP) is 1.19. The zero-order chi connectivity index (χ0) is 17.1. The van der Waals surface area contributed by atoms with E-state index >= 15 is 0 Å². The number of hydrogen-bond donors (Lipinski definition) is 2. The molecule has 0 aliphatic heterocycles. The minimum absolute atomic E-state index is 0.0186. The molecule has 8 heteroatoms. The third-order valence-electron chi connectivity index (χ3n) is 2.85. The van der Waals surface area contributed by atoms with E-state index in [0.29, 0.717) is 17.9 Å². The number of carbonyl (C=O) groups is 4. The van der Waals surface area contributed by atoms with Gasteiger partial charge in [0, 0.05) is 38.3 Å². The normalized spacial score (nSPS) is 13.1. The van der Waals surface area contributed by atoms with Crippen LogP contribution in [0.4, 0.5) is 0 Å². The minimum atomic E-state index is -0.508. The van der Waals surface area contributed by atoms with Crippen LogP contribution in [0.3, 0.4) is 0 Å². The summed E-state index contributed by atoms with van der Waals surface area (Å²) in [6, 6.07) is -0.508. The van der Waals surface area contributed by atoms with Gasteiger partial charge in [0.1, 0.15) is 5.78 Å². The fourth-order valence-corrected chi connectivity index (χ4v) is 4.24. The molecule has 126 valence electrons. The van der Waals surface area contributed by atoms with Gasteiger partial charge in [-0.3, -0.25) is 14.4 Å². The van der Waals surface area contributed by atoms with Gasteiger partial charge in [-0.1, -0.05) is 28.5 Å².